The summed E-state index contributed by atoms with van der Waals surface area (Å²) in [5.41, 5.74) is 3.82. The molecule has 1 aromatic heterocycles. The van der Waals surface area contributed by atoms with E-state index in [1.54, 1.807) is 18.1 Å². The van der Waals surface area contributed by atoms with Gasteiger partial charge in [0.2, 0.25) is 11.8 Å². The fraction of sp³-hybridized carbons (Fsp3) is 0.261. The average Bonchev–Trinajstić information content (AvgIpc) is 3.24. The first-order chi connectivity index (χ1) is 14.4. The third-order valence-electron chi connectivity index (χ3n) is 4.71. The number of benzene rings is 2. The SMILES string of the molecule is Cc1cccc(C)c1NC(=O)CN(C)CC(=O)NC(c1ccccc1)c1nccs1. The molecular formula is C23H26N4O2S. The standard InChI is InChI=1S/C23H26N4O2S/c1-16-8-7-9-17(2)21(16)25-19(28)14-27(3)15-20(29)26-22(23-24-12-13-30-23)18-10-5-4-6-11-18/h4-13,22H,14-15H2,1-3H3,(H,25,28)(H,26,29). The maximum absolute atomic E-state index is 12.7. The molecule has 2 aromatic carbocycles. The Balaban J connectivity index is 1.58. The topological polar surface area (TPSA) is 74.3 Å². The fourth-order valence-corrected chi connectivity index (χ4v) is 3.97. The van der Waals surface area contributed by atoms with E-state index < -0.39 is 0 Å². The van der Waals surface area contributed by atoms with Crippen LogP contribution in [0.1, 0.15) is 27.7 Å². The highest BCUT2D eigenvalue weighted by Gasteiger charge is 2.20. The first-order valence-corrected chi connectivity index (χ1v) is 10.6. The molecule has 7 heteroatoms. The second-order valence-corrected chi connectivity index (χ2v) is 8.19. The van der Waals surface area contributed by atoms with Gasteiger partial charge in [-0.15, -0.1) is 11.3 Å². The van der Waals surface area contributed by atoms with Gasteiger partial charge >= 0.3 is 0 Å². The molecule has 3 rings (SSSR count). The van der Waals surface area contributed by atoms with Crippen molar-refractivity contribution in [1.29, 1.82) is 0 Å². The van der Waals surface area contributed by atoms with Gasteiger partial charge in [0.1, 0.15) is 11.0 Å². The zero-order valence-electron chi connectivity index (χ0n) is 17.4. The molecule has 6 nitrogen and oxygen atoms in total. The molecule has 1 heterocycles. The van der Waals surface area contributed by atoms with Crippen molar-refractivity contribution >= 4 is 28.8 Å². The molecule has 0 bridgehead atoms. The second kappa shape index (κ2) is 10.1. The molecule has 0 aliphatic carbocycles. The van der Waals surface area contributed by atoms with Crippen molar-refractivity contribution in [3.05, 3.63) is 81.8 Å². The Kier molecular flexibility index (Phi) is 7.32. The second-order valence-electron chi connectivity index (χ2n) is 7.27. The molecule has 0 fully saturated rings. The molecule has 0 saturated carbocycles. The van der Waals surface area contributed by atoms with Crippen LogP contribution >= 0.6 is 11.3 Å². The molecule has 1 unspecified atom stereocenters. The molecule has 0 spiro atoms. The Hall–Kier alpha value is -3.03. The van der Waals surface area contributed by atoms with E-state index in [2.05, 4.69) is 15.6 Å². The number of aryl methyl sites for hydroxylation is 2. The van der Waals surface area contributed by atoms with E-state index in [4.69, 9.17) is 0 Å². The van der Waals surface area contributed by atoms with E-state index in [0.717, 1.165) is 27.4 Å². The summed E-state index contributed by atoms with van der Waals surface area (Å²) in [6.07, 6.45) is 1.73. The number of rotatable bonds is 8. The minimum absolute atomic E-state index is 0.106. The largest absolute Gasteiger partial charge is 0.342 e. The monoisotopic (exact) mass is 422 g/mol. The number of aromatic nitrogens is 1. The molecule has 0 aliphatic rings. The molecule has 1 atom stereocenters. The van der Waals surface area contributed by atoms with Gasteiger partial charge in [0, 0.05) is 17.3 Å². The number of para-hydroxylation sites is 1. The lowest BCUT2D eigenvalue weighted by molar-refractivity contribution is -0.123. The number of nitrogens with zero attached hydrogens (tertiary/aromatic N) is 2. The van der Waals surface area contributed by atoms with Crippen molar-refractivity contribution in [2.75, 3.05) is 25.5 Å². The summed E-state index contributed by atoms with van der Waals surface area (Å²) in [7, 11) is 1.75. The minimum atomic E-state index is -0.310. The van der Waals surface area contributed by atoms with Gasteiger partial charge in [0.05, 0.1) is 13.1 Å². The van der Waals surface area contributed by atoms with Gasteiger partial charge in [0.15, 0.2) is 0 Å². The zero-order valence-corrected chi connectivity index (χ0v) is 18.2. The molecule has 0 aliphatic heterocycles. The summed E-state index contributed by atoms with van der Waals surface area (Å²) in [6, 6.07) is 15.3. The van der Waals surface area contributed by atoms with Crippen LogP contribution in [0, 0.1) is 13.8 Å². The van der Waals surface area contributed by atoms with Crippen LogP contribution in [-0.2, 0) is 9.59 Å². The highest BCUT2D eigenvalue weighted by molar-refractivity contribution is 7.09. The van der Waals surface area contributed by atoms with Crippen molar-refractivity contribution in [3.63, 3.8) is 0 Å². The summed E-state index contributed by atoms with van der Waals surface area (Å²) < 4.78 is 0. The predicted octanol–water partition coefficient (Wildman–Crippen LogP) is 3.54. The van der Waals surface area contributed by atoms with Crippen LogP contribution in [0.15, 0.2) is 60.1 Å². The maximum Gasteiger partial charge on any atom is 0.238 e. The number of likely N-dealkylation sites (N-methyl/N-ethyl adjacent to an activating group) is 1. The Morgan fingerprint density at radius 2 is 1.67 bits per heavy atom. The van der Waals surface area contributed by atoms with Gasteiger partial charge in [-0.2, -0.15) is 0 Å². The lowest BCUT2D eigenvalue weighted by atomic mass is 10.1. The number of anilines is 1. The molecule has 0 saturated heterocycles. The Morgan fingerprint density at radius 1 is 1.00 bits per heavy atom. The average molecular weight is 423 g/mol. The third kappa shape index (κ3) is 5.75. The van der Waals surface area contributed by atoms with E-state index >= 15 is 0 Å². The van der Waals surface area contributed by atoms with Gasteiger partial charge in [-0.3, -0.25) is 14.5 Å². The molecule has 2 amide bonds. The smallest absolute Gasteiger partial charge is 0.238 e. The van der Waals surface area contributed by atoms with E-state index in [1.165, 1.54) is 11.3 Å². The quantitative estimate of drug-likeness (QED) is 0.582. The van der Waals surface area contributed by atoms with Crippen LogP contribution < -0.4 is 10.6 Å². The molecule has 30 heavy (non-hydrogen) atoms. The number of amides is 2. The number of thiazole rings is 1. The van der Waals surface area contributed by atoms with E-state index in [-0.39, 0.29) is 30.9 Å². The van der Waals surface area contributed by atoms with Crippen LogP contribution in [-0.4, -0.2) is 41.8 Å². The van der Waals surface area contributed by atoms with Crippen molar-refractivity contribution in [1.82, 2.24) is 15.2 Å². The van der Waals surface area contributed by atoms with Gasteiger partial charge in [-0.1, -0.05) is 48.5 Å². The summed E-state index contributed by atoms with van der Waals surface area (Å²) in [5.74, 6) is -0.316. The molecule has 2 N–H and O–H groups in total. The number of carbonyl (C=O) groups is 2. The summed E-state index contributed by atoms with van der Waals surface area (Å²) >= 11 is 1.50. The van der Waals surface area contributed by atoms with Gasteiger partial charge in [-0.05, 0) is 37.6 Å². The Morgan fingerprint density at radius 3 is 2.30 bits per heavy atom. The highest BCUT2D eigenvalue weighted by Crippen LogP contribution is 2.23. The minimum Gasteiger partial charge on any atom is -0.342 e. The summed E-state index contributed by atoms with van der Waals surface area (Å²) in [4.78, 5) is 31.2. The van der Waals surface area contributed by atoms with Gasteiger partial charge < -0.3 is 10.6 Å². The fourth-order valence-electron chi connectivity index (χ4n) is 3.25. The van der Waals surface area contributed by atoms with E-state index in [0.29, 0.717) is 0 Å². The summed E-state index contributed by atoms with van der Waals surface area (Å²) in [6.45, 7) is 4.15. The third-order valence-corrected chi connectivity index (χ3v) is 5.55. The van der Waals surface area contributed by atoms with Crippen LogP contribution in [0.25, 0.3) is 0 Å². The first-order valence-electron chi connectivity index (χ1n) is 9.72. The molecule has 156 valence electrons. The van der Waals surface area contributed by atoms with Crippen molar-refractivity contribution in [2.24, 2.45) is 0 Å². The molecule has 3 aromatic rings. The van der Waals surface area contributed by atoms with Crippen molar-refractivity contribution < 1.29 is 9.59 Å². The van der Waals surface area contributed by atoms with Crippen LogP contribution in [0.2, 0.25) is 0 Å². The molecule has 0 radical (unpaired) electrons. The van der Waals surface area contributed by atoms with Crippen LogP contribution in [0.4, 0.5) is 5.69 Å². The Bertz CT molecular complexity index is 969. The van der Waals surface area contributed by atoms with Crippen molar-refractivity contribution in [2.45, 2.75) is 19.9 Å². The number of nitrogens with one attached hydrogen (secondary N) is 2. The van der Waals surface area contributed by atoms with Crippen LogP contribution in [0.5, 0.6) is 0 Å². The highest BCUT2D eigenvalue weighted by atomic mass is 32.1. The molecular weight excluding hydrogens is 396 g/mol. The summed E-state index contributed by atoms with van der Waals surface area (Å²) in [5, 5.41) is 8.71. The Labute approximate surface area is 181 Å². The maximum atomic E-state index is 12.7. The normalized spacial score (nSPS) is 11.9. The van der Waals surface area contributed by atoms with Crippen LogP contribution in [0.3, 0.4) is 0 Å². The van der Waals surface area contributed by atoms with Gasteiger partial charge in [0.25, 0.3) is 0 Å². The number of carbonyl (C=O) groups excluding carboxylic acids is 2. The lowest BCUT2D eigenvalue weighted by Gasteiger charge is -2.21. The van der Waals surface area contributed by atoms with Gasteiger partial charge in [-0.25, -0.2) is 4.98 Å². The van der Waals surface area contributed by atoms with E-state index in [9.17, 15) is 9.59 Å². The zero-order chi connectivity index (χ0) is 21.5. The first kappa shape index (κ1) is 21.7. The van der Waals surface area contributed by atoms with Crippen molar-refractivity contribution in [3.8, 4) is 0 Å². The number of hydrogen-bond donors (Lipinski definition) is 2. The van der Waals surface area contributed by atoms with E-state index in [1.807, 2.05) is 67.8 Å². The predicted molar refractivity (Wildman–Crippen MR) is 121 cm³/mol. The number of hydrogen-bond acceptors (Lipinski definition) is 5. The lowest BCUT2D eigenvalue weighted by Crippen LogP contribution is -2.40.